The third-order valence-corrected chi connectivity index (χ3v) is 5.35. The van der Waals surface area contributed by atoms with Gasteiger partial charge in [-0.2, -0.15) is 10.1 Å². The molecule has 2 N–H and O–H groups in total. The summed E-state index contributed by atoms with van der Waals surface area (Å²) in [4.78, 5) is 15.6. The summed E-state index contributed by atoms with van der Waals surface area (Å²) >= 11 is 0. The van der Waals surface area contributed by atoms with Crippen LogP contribution in [0.2, 0.25) is 0 Å². The number of nitrogens with one attached hydrogen (secondary N) is 2. The minimum atomic E-state index is -0.449. The Morgan fingerprint density at radius 2 is 1.97 bits per heavy atom. The molecule has 0 bridgehead atoms. The van der Waals surface area contributed by atoms with E-state index >= 15 is 0 Å². The second-order valence-corrected chi connectivity index (χ2v) is 7.43. The highest BCUT2D eigenvalue weighted by Gasteiger charge is 2.40. The summed E-state index contributed by atoms with van der Waals surface area (Å²) in [6.07, 6.45) is 8.96. The van der Waals surface area contributed by atoms with Crippen LogP contribution < -0.4 is 20.9 Å². The third kappa shape index (κ3) is 4.12. The molecule has 1 atom stereocenters. The number of para-hydroxylation sites is 2. The number of hydrazone groups is 1. The van der Waals surface area contributed by atoms with Gasteiger partial charge in [-0.15, -0.1) is 0 Å². The van der Waals surface area contributed by atoms with E-state index in [1.807, 2.05) is 36.5 Å². The molecule has 5 nitrogen and oxygen atoms in total. The van der Waals surface area contributed by atoms with Crippen molar-refractivity contribution >= 4 is 35.1 Å². The standard InChI is InChI=1S/C16H12FN3O.C10H13N/c17-12-6-2-4-8-14(12)20-16(21)11-9-18-13-7-3-1-5-10(13)15(11)19-20;1-3-5-9-7-8-11-10(9)6-4-2/h1-8,11,18H,9H2;4-8,11H,2-3H2,1H3/b;9-5-,10-6+. The van der Waals surface area contributed by atoms with Gasteiger partial charge in [0.25, 0.3) is 5.91 Å². The van der Waals surface area contributed by atoms with Crippen LogP contribution in [-0.4, -0.2) is 23.1 Å². The number of aromatic nitrogens is 1. The summed E-state index contributed by atoms with van der Waals surface area (Å²) in [5.41, 5.74) is 2.76. The van der Waals surface area contributed by atoms with E-state index < -0.39 is 5.82 Å². The Hall–Kier alpha value is -3.93. The van der Waals surface area contributed by atoms with Crippen molar-refractivity contribution in [1.29, 1.82) is 0 Å². The molecular formula is C26H25FN4O. The third-order valence-electron chi connectivity index (χ3n) is 5.35. The van der Waals surface area contributed by atoms with Gasteiger partial charge in [0.2, 0.25) is 0 Å². The quantitative estimate of drug-likeness (QED) is 0.667. The van der Waals surface area contributed by atoms with Crippen molar-refractivity contribution in [3.05, 3.63) is 95.4 Å². The van der Waals surface area contributed by atoms with Gasteiger partial charge in [-0.3, -0.25) is 4.79 Å². The van der Waals surface area contributed by atoms with Crippen LogP contribution in [0, 0.1) is 11.7 Å². The maximum Gasteiger partial charge on any atom is 0.258 e. The highest BCUT2D eigenvalue weighted by molar-refractivity contribution is 6.24. The van der Waals surface area contributed by atoms with Crippen LogP contribution in [0.15, 0.2) is 78.6 Å². The first-order chi connectivity index (χ1) is 15.6. The highest BCUT2D eigenvalue weighted by atomic mass is 19.1. The molecule has 162 valence electrons. The second kappa shape index (κ2) is 9.47. The second-order valence-electron chi connectivity index (χ2n) is 7.43. The zero-order valence-electron chi connectivity index (χ0n) is 17.9. The summed E-state index contributed by atoms with van der Waals surface area (Å²) in [5.74, 6) is -1.01. The molecule has 2 aromatic carbocycles. The highest BCUT2D eigenvalue weighted by Crippen LogP contribution is 2.33. The number of H-pyrrole nitrogens is 1. The molecule has 3 aromatic rings. The number of hydrogen-bond acceptors (Lipinski definition) is 3. The lowest BCUT2D eigenvalue weighted by atomic mass is 9.92. The lowest BCUT2D eigenvalue weighted by molar-refractivity contribution is -0.119. The average Bonchev–Trinajstić information content (AvgIpc) is 3.39. The van der Waals surface area contributed by atoms with E-state index in [1.165, 1.54) is 16.3 Å². The minimum Gasteiger partial charge on any atom is -0.383 e. The first-order valence-electron chi connectivity index (χ1n) is 10.6. The number of halogens is 1. The molecule has 2 aliphatic heterocycles. The van der Waals surface area contributed by atoms with Gasteiger partial charge in [0.1, 0.15) is 17.4 Å². The Bertz CT molecular complexity index is 1290. The first kappa shape index (κ1) is 21.3. The van der Waals surface area contributed by atoms with E-state index in [2.05, 4.69) is 41.0 Å². The molecule has 1 aromatic heterocycles. The van der Waals surface area contributed by atoms with E-state index in [1.54, 1.807) is 24.3 Å². The molecule has 0 radical (unpaired) electrons. The van der Waals surface area contributed by atoms with Gasteiger partial charge < -0.3 is 10.3 Å². The Kier molecular flexibility index (Phi) is 6.31. The number of rotatable bonds is 3. The van der Waals surface area contributed by atoms with Crippen molar-refractivity contribution in [2.24, 2.45) is 11.0 Å². The van der Waals surface area contributed by atoms with Crippen LogP contribution in [0.5, 0.6) is 0 Å². The average molecular weight is 429 g/mol. The molecule has 5 rings (SSSR count). The number of hydrogen-bond donors (Lipinski definition) is 2. The monoisotopic (exact) mass is 428 g/mol. The number of allylic oxidation sites excluding steroid dienone is 1. The minimum absolute atomic E-state index is 0.196. The molecule has 2 aliphatic rings. The van der Waals surface area contributed by atoms with Crippen molar-refractivity contribution in [3.63, 3.8) is 0 Å². The van der Waals surface area contributed by atoms with Gasteiger partial charge >= 0.3 is 0 Å². The number of anilines is 2. The van der Waals surface area contributed by atoms with Gasteiger partial charge in [0.05, 0.1) is 5.71 Å². The lowest BCUT2D eigenvalue weighted by Gasteiger charge is -2.22. The largest absolute Gasteiger partial charge is 0.383 e. The van der Waals surface area contributed by atoms with Crippen molar-refractivity contribution in [3.8, 4) is 0 Å². The van der Waals surface area contributed by atoms with Crippen LogP contribution in [0.1, 0.15) is 18.9 Å². The molecule has 0 saturated heterocycles. The SMILES string of the molecule is C=C/C=c1/[nH]cc/c1=C/CC.O=C1C2CNc3ccccc3C2=NN1c1ccccc1F. The van der Waals surface area contributed by atoms with Crippen LogP contribution >= 0.6 is 0 Å². The Morgan fingerprint density at radius 3 is 2.75 bits per heavy atom. The summed E-state index contributed by atoms with van der Waals surface area (Å²) in [6.45, 7) is 6.26. The van der Waals surface area contributed by atoms with Crippen molar-refractivity contribution in [2.45, 2.75) is 13.3 Å². The molecule has 0 aliphatic carbocycles. The number of nitrogens with zero attached hydrogens (tertiary/aromatic N) is 2. The zero-order valence-corrected chi connectivity index (χ0v) is 17.9. The van der Waals surface area contributed by atoms with Crippen LogP contribution in [-0.2, 0) is 4.79 Å². The van der Waals surface area contributed by atoms with E-state index in [9.17, 15) is 9.18 Å². The Balaban J connectivity index is 0.000000189. The van der Waals surface area contributed by atoms with Crippen molar-refractivity contribution < 1.29 is 9.18 Å². The van der Waals surface area contributed by atoms with Crippen molar-refractivity contribution in [1.82, 2.24) is 4.98 Å². The van der Waals surface area contributed by atoms with E-state index in [-0.39, 0.29) is 17.5 Å². The number of carbonyl (C=O) groups is 1. The lowest BCUT2D eigenvalue weighted by Crippen LogP contribution is -2.35. The summed E-state index contributed by atoms with van der Waals surface area (Å²) < 4.78 is 13.9. The predicted octanol–water partition coefficient (Wildman–Crippen LogP) is 3.79. The molecule has 6 heteroatoms. The topological polar surface area (TPSA) is 60.5 Å². The fourth-order valence-electron chi connectivity index (χ4n) is 3.84. The van der Waals surface area contributed by atoms with E-state index in [4.69, 9.17) is 0 Å². The maximum absolute atomic E-state index is 13.9. The number of benzene rings is 2. The fourth-order valence-corrected chi connectivity index (χ4v) is 3.84. The van der Waals surface area contributed by atoms with Gasteiger partial charge in [-0.25, -0.2) is 4.39 Å². The molecule has 1 unspecified atom stereocenters. The molecule has 3 heterocycles. The molecule has 1 amide bonds. The fraction of sp³-hybridized carbons (Fsp3) is 0.154. The van der Waals surface area contributed by atoms with E-state index in [0.717, 1.165) is 23.0 Å². The van der Waals surface area contributed by atoms with Crippen LogP contribution in [0.4, 0.5) is 15.8 Å². The molecular weight excluding hydrogens is 403 g/mol. The van der Waals surface area contributed by atoms with E-state index in [0.29, 0.717) is 12.3 Å². The van der Waals surface area contributed by atoms with Crippen LogP contribution in [0.3, 0.4) is 0 Å². The smallest absolute Gasteiger partial charge is 0.258 e. The summed E-state index contributed by atoms with van der Waals surface area (Å²) in [7, 11) is 0. The molecule has 32 heavy (non-hydrogen) atoms. The number of amides is 1. The Morgan fingerprint density at radius 1 is 1.19 bits per heavy atom. The van der Waals surface area contributed by atoms with Gasteiger partial charge in [0, 0.05) is 29.3 Å². The van der Waals surface area contributed by atoms with Gasteiger partial charge in [0.15, 0.2) is 0 Å². The number of fused-ring (bicyclic) bond motifs is 3. The maximum atomic E-state index is 13.9. The number of aromatic amines is 1. The zero-order chi connectivity index (χ0) is 22.5. The van der Waals surface area contributed by atoms with Crippen molar-refractivity contribution in [2.75, 3.05) is 16.9 Å². The summed E-state index contributed by atoms with van der Waals surface area (Å²) in [6, 6.07) is 16.0. The van der Waals surface area contributed by atoms with Crippen LogP contribution in [0.25, 0.3) is 12.2 Å². The Labute approximate surface area is 186 Å². The van der Waals surface area contributed by atoms with Gasteiger partial charge in [-0.05, 0) is 42.0 Å². The molecule has 0 spiro atoms. The van der Waals surface area contributed by atoms with Gasteiger partial charge in [-0.1, -0.05) is 56.0 Å². The first-order valence-corrected chi connectivity index (χ1v) is 10.6. The number of carbonyl (C=O) groups excluding carboxylic acids is 1. The normalized spacial score (nSPS) is 17.7. The summed E-state index contributed by atoms with van der Waals surface area (Å²) in [5, 5.41) is 11.2. The molecule has 0 fully saturated rings. The predicted molar refractivity (Wildman–Crippen MR) is 128 cm³/mol. The molecule has 0 saturated carbocycles.